The quantitative estimate of drug-likeness (QED) is 0.754. The number of carbonyl (C=O) groups is 3. The molecule has 0 aromatic heterocycles. The van der Waals surface area contributed by atoms with Gasteiger partial charge in [0.1, 0.15) is 0 Å². The number of carbonyl (C=O) groups excluding carboxylic acids is 3. The molecule has 3 fully saturated rings. The normalized spacial score (nSPS) is 26.0. The minimum atomic E-state index is -0.180. The zero-order valence-electron chi connectivity index (χ0n) is 13.5. The number of piperazine rings is 1. The lowest BCUT2D eigenvalue weighted by Crippen LogP contribution is -2.53. The van der Waals surface area contributed by atoms with E-state index in [-0.39, 0.29) is 29.6 Å². The zero-order valence-corrected chi connectivity index (χ0v) is 13.5. The summed E-state index contributed by atoms with van der Waals surface area (Å²) in [6.07, 6.45) is 2.53. The second kappa shape index (κ2) is 5.89. The summed E-state index contributed by atoms with van der Waals surface area (Å²) in [5, 5.41) is 0. The van der Waals surface area contributed by atoms with Gasteiger partial charge in [-0.25, -0.2) is 0 Å². The Kier molecular flexibility index (Phi) is 4.10. The van der Waals surface area contributed by atoms with E-state index in [0.29, 0.717) is 45.2 Å². The maximum Gasteiger partial charge on any atom is 0.228 e. The van der Waals surface area contributed by atoms with Crippen LogP contribution in [0.4, 0.5) is 0 Å². The SMILES string of the molecule is CC(C)C(=O)N1CCN(C(=O)C2CC(=O)N(C3CC3)C2)CC1. The maximum absolute atomic E-state index is 12.6. The molecule has 3 rings (SSSR count). The highest BCUT2D eigenvalue weighted by atomic mass is 16.2. The van der Waals surface area contributed by atoms with Gasteiger partial charge in [-0.05, 0) is 12.8 Å². The van der Waals surface area contributed by atoms with Crippen LogP contribution in [0.5, 0.6) is 0 Å². The average Bonchev–Trinajstić information content (AvgIpc) is 3.28. The summed E-state index contributed by atoms with van der Waals surface area (Å²) in [7, 11) is 0. The standard InChI is InChI=1S/C16H25N3O3/c1-11(2)15(21)17-5-7-18(8-6-17)16(22)12-9-14(20)19(10-12)13-3-4-13/h11-13H,3-10H2,1-2H3. The molecular weight excluding hydrogens is 282 g/mol. The number of hydrogen-bond donors (Lipinski definition) is 0. The van der Waals surface area contributed by atoms with Gasteiger partial charge in [-0.2, -0.15) is 0 Å². The van der Waals surface area contributed by atoms with Crippen molar-refractivity contribution in [3.8, 4) is 0 Å². The van der Waals surface area contributed by atoms with Crippen LogP contribution in [0.15, 0.2) is 0 Å². The third-order valence-electron chi connectivity index (χ3n) is 4.89. The first-order valence-electron chi connectivity index (χ1n) is 8.34. The van der Waals surface area contributed by atoms with E-state index < -0.39 is 0 Å². The van der Waals surface area contributed by atoms with Crippen LogP contribution >= 0.6 is 0 Å². The van der Waals surface area contributed by atoms with Crippen LogP contribution in [-0.4, -0.2) is 71.2 Å². The molecule has 1 aliphatic carbocycles. The average molecular weight is 307 g/mol. The fourth-order valence-corrected chi connectivity index (χ4v) is 3.41. The molecule has 3 aliphatic rings. The summed E-state index contributed by atoms with van der Waals surface area (Å²) in [4.78, 5) is 42.1. The lowest BCUT2D eigenvalue weighted by molar-refractivity contribution is -0.143. The second-order valence-corrected chi connectivity index (χ2v) is 6.98. The van der Waals surface area contributed by atoms with Crippen molar-refractivity contribution in [2.45, 2.75) is 39.2 Å². The first kappa shape index (κ1) is 15.3. The smallest absolute Gasteiger partial charge is 0.228 e. The van der Waals surface area contributed by atoms with E-state index in [1.807, 2.05) is 28.5 Å². The van der Waals surface area contributed by atoms with E-state index in [2.05, 4.69) is 0 Å². The summed E-state index contributed by atoms with van der Waals surface area (Å²) < 4.78 is 0. The van der Waals surface area contributed by atoms with Crippen LogP contribution in [-0.2, 0) is 14.4 Å². The number of hydrogen-bond acceptors (Lipinski definition) is 3. The Morgan fingerprint density at radius 2 is 1.64 bits per heavy atom. The molecule has 0 aromatic rings. The Morgan fingerprint density at radius 3 is 2.18 bits per heavy atom. The first-order chi connectivity index (χ1) is 10.5. The molecule has 0 bridgehead atoms. The van der Waals surface area contributed by atoms with Gasteiger partial charge < -0.3 is 14.7 Å². The van der Waals surface area contributed by atoms with E-state index >= 15 is 0 Å². The summed E-state index contributed by atoms with van der Waals surface area (Å²) in [5.74, 6) is 0.202. The third-order valence-corrected chi connectivity index (χ3v) is 4.89. The van der Waals surface area contributed by atoms with Crippen molar-refractivity contribution in [2.75, 3.05) is 32.7 Å². The van der Waals surface area contributed by atoms with Crippen molar-refractivity contribution < 1.29 is 14.4 Å². The fraction of sp³-hybridized carbons (Fsp3) is 0.812. The Labute approximate surface area is 131 Å². The van der Waals surface area contributed by atoms with Crippen LogP contribution < -0.4 is 0 Å². The summed E-state index contributed by atoms with van der Waals surface area (Å²) in [6.45, 7) is 6.78. The molecule has 0 spiro atoms. The fourth-order valence-electron chi connectivity index (χ4n) is 3.41. The van der Waals surface area contributed by atoms with Crippen molar-refractivity contribution in [2.24, 2.45) is 11.8 Å². The van der Waals surface area contributed by atoms with Crippen LogP contribution in [0.1, 0.15) is 33.1 Å². The Bertz CT molecular complexity index is 479. The molecule has 0 N–H and O–H groups in total. The Hall–Kier alpha value is -1.59. The van der Waals surface area contributed by atoms with Gasteiger partial charge in [0.15, 0.2) is 0 Å². The molecule has 22 heavy (non-hydrogen) atoms. The molecule has 2 aliphatic heterocycles. The topological polar surface area (TPSA) is 60.9 Å². The zero-order chi connectivity index (χ0) is 15.9. The van der Waals surface area contributed by atoms with Gasteiger partial charge in [0.2, 0.25) is 17.7 Å². The lowest BCUT2D eigenvalue weighted by Gasteiger charge is -2.36. The van der Waals surface area contributed by atoms with E-state index in [0.717, 1.165) is 12.8 Å². The number of nitrogens with zero attached hydrogens (tertiary/aromatic N) is 3. The molecule has 2 heterocycles. The molecule has 0 radical (unpaired) electrons. The van der Waals surface area contributed by atoms with Gasteiger partial charge in [-0.3, -0.25) is 14.4 Å². The first-order valence-corrected chi connectivity index (χ1v) is 8.34. The Balaban J connectivity index is 1.52. The minimum absolute atomic E-state index is 0.00167. The molecule has 6 nitrogen and oxygen atoms in total. The van der Waals surface area contributed by atoms with Crippen molar-refractivity contribution in [1.82, 2.24) is 14.7 Å². The monoisotopic (exact) mass is 307 g/mol. The van der Waals surface area contributed by atoms with E-state index in [1.54, 1.807) is 0 Å². The summed E-state index contributed by atoms with van der Waals surface area (Å²) in [6, 6.07) is 0.394. The van der Waals surface area contributed by atoms with Crippen LogP contribution in [0.25, 0.3) is 0 Å². The predicted molar refractivity (Wildman–Crippen MR) is 80.8 cm³/mol. The molecule has 0 aromatic carbocycles. The second-order valence-electron chi connectivity index (χ2n) is 6.98. The highest BCUT2D eigenvalue weighted by Crippen LogP contribution is 2.33. The van der Waals surface area contributed by atoms with Crippen molar-refractivity contribution in [1.29, 1.82) is 0 Å². The van der Waals surface area contributed by atoms with Gasteiger partial charge in [0, 0.05) is 51.1 Å². The number of amides is 3. The van der Waals surface area contributed by atoms with Crippen molar-refractivity contribution in [3.63, 3.8) is 0 Å². The molecule has 3 amide bonds. The maximum atomic E-state index is 12.6. The lowest BCUT2D eigenvalue weighted by atomic mass is 10.1. The highest BCUT2D eigenvalue weighted by molar-refractivity contribution is 5.89. The molecule has 1 unspecified atom stereocenters. The van der Waals surface area contributed by atoms with Gasteiger partial charge in [0.05, 0.1) is 5.92 Å². The summed E-state index contributed by atoms with van der Waals surface area (Å²) >= 11 is 0. The molecule has 1 saturated carbocycles. The third kappa shape index (κ3) is 2.96. The van der Waals surface area contributed by atoms with Gasteiger partial charge in [-0.1, -0.05) is 13.8 Å². The molecule has 2 saturated heterocycles. The molecular formula is C16H25N3O3. The van der Waals surface area contributed by atoms with Gasteiger partial charge >= 0.3 is 0 Å². The van der Waals surface area contributed by atoms with Gasteiger partial charge in [-0.15, -0.1) is 0 Å². The number of rotatable bonds is 3. The van der Waals surface area contributed by atoms with E-state index in [4.69, 9.17) is 0 Å². The van der Waals surface area contributed by atoms with Gasteiger partial charge in [0.25, 0.3) is 0 Å². The van der Waals surface area contributed by atoms with Crippen LogP contribution in [0, 0.1) is 11.8 Å². The highest BCUT2D eigenvalue weighted by Gasteiger charge is 2.43. The summed E-state index contributed by atoms with van der Waals surface area (Å²) in [5.41, 5.74) is 0. The Morgan fingerprint density at radius 1 is 1.05 bits per heavy atom. The molecule has 1 atom stereocenters. The minimum Gasteiger partial charge on any atom is -0.339 e. The molecule has 122 valence electrons. The van der Waals surface area contributed by atoms with E-state index in [9.17, 15) is 14.4 Å². The van der Waals surface area contributed by atoms with Crippen molar-refractivity contribution in [3.05, 3.63) is 0 Å². The van der Waals surface area contributed by atoms with Crippen molar-refractivity contribution >= 4 is 17.7 Å². The largest absolute Gasteiger partial charge is 0.339 e. The van der Waals surface area contributed by atoms with Crippen LogP contribution in [0.2, 0.25) is 0 Å². The van der Waals surface area contributed by atoms with Crippen LogP contribution in [0.3, 0.4) is 0 Å². The number of likely N-dealkylation sites (tertiary alicyclic amines) is 1. The molecule has 6 heteroatoms. The predicted octanol–water partition coefficient (Wildman–Crippen LogP) is 0.324. The van der Waals surface area contributed by atoms with E-state index in [1.165, 1.54) is 0 Å².